The van der Waals surface area contributed by atoms with Gasteiger partial charge >= 0.3 is 6.09 Å². The first-order valence-corrected chi connectivity index (χ1v) is 8.58. The smallest absolute Gasteiger partial charge is 0.408 e. The minimum absolute atomic E-state index is 0.299. The molecule has 0 aliphatic heterocycles. The highest BCUT2D eigenvalue weighted by atomic mass is 16.6. The van der Waals surface area contributed by atoms with Crippen LogP contribution in [0.2, 0.25) is 0 Å². The molecule has 27 heavy (non-hydrogen) atoms. The van der Waals surface area contributed by atoms with Gasteiger partial charge in [-0.3, -0.25) is 0 Å². The third-order valence-electron chi connectivity index (χ3n) is 3.00. The highest BCUT2D eigenvalue weighted by Crippen LogP contribution is 2.31. The van der Waals surface area contributed by atoms with Gasteiger partial charge in [0.15, 0.2) is 11.5 Å². The number of nitrogens with one attached hydrogen (secondary N) is 1. The van der Waals surface area contributed by atoms with Gasteiger partial charge in [0.2, 0.25) is 0 Å². The van der Waals surface area contributed by atoms with E-state index in [1.807, 2.05) is 13.0 Å². The zero-order valence-corrected chi connectivity index (χ0v) is 17.2. The SMILES string of the molecule is CCOc1cc(C(C/C=N/O)NC(=O)OC(C)(C)C)ccc1OC.COC. The zero-order valence-electron chi connectivity index (χ0n) is 17.2. The van der Waals surface area contributed by atoms with E-state index >= 15 is 0 Å². The van der Waals surface area contributed by atoms with Gasteiger partial charge in [-0.05, 0) is 45.4 Å². The van der Waals surface area contributed by atoms with E-state index in [9.17, 15) is 4.79 Å². The van der Waals surface area contributed by atoms with Crippen LogP contribution in [0.15, 0.2) is 23.4 Å². The maximum Gasteiger partial charge on any atom is 0.408 e. The summed E-state index contributed by atoms with van der Waals surface area (Å²) in [7, 11) is 4.81. The molecule has 0 radical (unpaired) electrons. The molecule has 1 unspecified atom stereocenters. The van der Waals surface area contributed by atoms with Crippen LogP contribution in [0.4, 0.5) is 4.79 Å². The molecule has 0 fully saturated rings. The van der Waals surface area contributed by atoms with Crippen LogP contribution in [0.25, 0.3) is 0 Å². The maximum atomic E-state index is 12.0. The highest BCUT2D eigenvalue weighted by molar-refractivity contribution is 5.70. The summed E-state index contributed by atoms with van der Waals surface area (Å²) in [4.78, 5) is 12.0. The first kappa shape index (κ1) is 24.5. The van der Waals surface area contributed by atoms with Crippen molar-refractivity contribution in [1.29, 1.82) is 0 Å². The van der Waals surface area contributed by atoms with Crippen LogP contribution in [0.3, 0.4) is 0 Å². The molecule has 2 N–H and O–H groups in total. The quantitative estimate of drug-likeness (QED) is 0.422. The lowest BCUT2D eigenvalue weighted by molar-refractivity contribution is 0.0505. The summed E-state index contributed by atoms with van der Waals surface area (Å²) in [6, 6.07) is 4.94. The summed E-state index contributed by atoms with van der Waals surface area (Å²) >= 11 is 0. The number of nitrogens with zero attached hydrogens (tertiary/aromatic N) is 1. The molecular weight excluding hydrogens is 352 g/mol. The number of amides is 1. The van der Waals surface area contributed by atoms with Gasteiger partial charge in [0, 0.05) is 26.9 Å². The Balaban J connectivity index is 0.00000210. The largest absolute Gasteiger partial charge is 0.493 e. The molecule has 0 saturated carbocycles. The number of hydrogen-bond acceptors (Lipinski definition) is 7. The number of rotatable bonds is 7. The van der Waals surface area contributed by atoms with Crippen molar-refractivity contribution in [2.45, 2.75) is 45.8 Å². The molecule has 8 heteroatoms. The third kappa shape index (κ3) is 10.3. The van der Waals surface area contributed by atoms with E-state index in [0.717, 1.165) is 5.56 Å². The fourth-order valence-electron chi connectivity index (χ4n) is 2.06. The fourth-order valence-corrected chi connectivity index (χ4v) is 2.06. The molecule has 1 rings (SSSR count). The molecule has 0 saturated heterocycles. The number of oxime groups is 1. The number of carbonyl (C=O) groups excluding carboxylic acids is 1. The van der Waals surface area contributed by atoms with Crippen molar-refractivity contribution in [2.24, 2.45) is 5.16 Å². The van der Waals surface area contributed by atoms with Crippen molar-refractivity contribution in [3.8, 4) is 11.5 Å². The normalized spacial score (nSPS) is 12.0. The van der Waals surface area contributed by atoms with Gasteiger partial charge in [0.25, 0.3) is 0 Å². The van der Waals surface area contributed by atoms with Crippen molar-refractivity contribution in [2.75, 3.05) is 27.9 Å². The van der Waals surface area contributed by atoms with E-state index in [4.69, 9.17) is 19.4 Å². The molecule has 1 atom stereocenters. The Hall–Kier alpha value is -2.48. The minimum atomic E-state index is -0.601. The summed E-state index contributed by atoms with van der Waals surface area (Å²) in [6.45, 7) is 7.73. The Bertz CT molecular complexity index is 584. The highest BCUT2D eigenvalue weighted by Gasteiger charge is 2.21. The Morgan fingerprint density at radius 3 is 2.37 bits per heavy atom. The molecular formula is C19H32N2O6. The standard InChI is InChI=1S/C17H26N2O5.C2H6O/c1-6-23-15-11-12(7-8-14(15)22-5)13(9-10-18-21)19-16(20)24-17(2,3)4;1-3-2/h7-8,10-11,13,21H,6,9H2,1-5H3,(H,19,20);1-2H3/b18-10+;. The molecule has 8 nitrogen and oxygen atoms in total. The van der Waals surface area contributed by atoms with E-state index in [-0.39, 0.29) is 0 Å². The van der Waals surface area contributed by atoms with Crippen LogP contribution >= 0.6 is 0 Å². The lowest BCUT2D eigenvalue weighted by atomic mass is 10.0. The monoisotopic (exact) mass is 384 g/mol. The number of alkyl carbamates (subject to hydrolysis) is 1. The molecule has 154 valence electrons. The van der Waals surface area contributed by atoms with Gasteiger partial charge in [-0.1, -0.05) is 6.07 Å². The second-order valence-corrected chi connectivity index (χ2v) is 6.48. The van der Waals surface area contributed by atoms with Gasteiger partial charge in [-0.15, -0.1) is 5.16 Å². The Kier molecular flexibility index (Phi) is 11.6. The summed E-state index contributed by atoms with van der Waals surface area (Å²) < 4.78 is 20.3. The van der Waals surface area contributed by atoms with Crippen LogP contribution < -0.4 is 14.8 Å². The summed E-state index contributed by atoms with van der Waals surface area (Å²) in [5.74, 6) is 1.18. The first-order valence-electron chi connectivity index (χ1n) is 8.58. The van der Waals surface area contributed by atoms with Crippen LogP contribution in [0, 0.1) is 0 Å². The van der Waals surface area contributed by atoms with Crippen LogP contribution in [-0.2, 0) is 9.47 Å². The Morgan fingerprint density at radius 1 is 1.26 bits per heavy atom. The number of hydrogen-bond donors (Lipinski definition) is 2. The van der Waals surface area contributed by atoms with E-state index in [1.165, 1.54) is 6.21 Å². The lowest BCUT2D eigenvalue weighted by Gasteiger charge is -2.23. The van der Waals surface area contributed by atoms with Gasteiger partial charge < -0.3 is 29.5 Å². The Morgan fingerprint density at radius 2 is 1.89 bits per heavy atom. The molecule has 0 aliphatic carbocycles. The molecule has 0 aliphatic rings. The summed E-state index contributed by atoms with van der Waals surface area (Å²) in [5, 5.41) is 14.5. The van der Waals surface area contributed by atoms with Crippen LogP contribution in [-0.4, -0.2) is 51.1 Å². The lowest BCUT2D eigenvalue weighted by Crippen LogP contribution is -2.35. The molecule has 0 spiro atoms. The predicted molar refractivity (Wildman–Crippen MR) is 104 cm³/mol. The van der Waals surface area contributed by atoms with E-state index in [1.54, 1.807) is 54.2 Å². The summed E-state index contributed by atoms with van der Waals surface area (Å²) in [6.07, 6.45) is 1.06. The van der Waals surface area contributed by atoms with Crippen molar-refractivity contribution >= 4 is 12.3 Å². The van der Waals surface area contributed by atoms with Gasteiger partial charge in [-0.2, -0.15) is 0 Å². The maximum absolute atomic E-state index is 12.0. The van der Waals surface area contributed by atoms with Crippen molar-refractivity contribution in [3.05, 3.63) is 23.8 Å². The second kappa shape index (κ2) is 12.8. The second-order valence-electron chi connectivity index (χ2n) is 6.48. The van der Waals surface area contributed by atoms with E-state index in [2.05, 4.69) is 15.2 Å². The number of ether oxygens (including phenoxy) is 4. The van der Waals surface area contributed by atoms with Gasteiger partial charge in [0.05, 0.1) is 19.8 Å². The molecule has 0 aromatic heterocycles. The molecule has 1 amide bonds. The molecule has 1 aromatic rings. The van der Waals surface area contributed by atoms with Crippen molar-refractivity contribution in [3.63, 3.8) is 0 Å². The van der Waals surface area contributed by atoms with Gasteiger partial charge in [-0.25, -0.2) is 4.79 Å². The molecule has 1 aromatic carbocycles. The third-order valence-corrected chi connectivity index (χ3v) is 3.00. The fraction of sp³-hybridized carbons (Fsp3) is 0.579. The molecule has 0 bridgehead atoms. The molecule has 0 heterocycles. The van der Waals surface area contributed by atoms with Crippen LogP contribution in [0.1, 0.15) is 45.7 Å². The Labute approximate surface area is 161 Å². The van der Waals surface area contributed by atoms with Crippen molar-refractivity contribution < 1.29 is 28.9 Å². The number of carbonyl (C=O) groups is 1. The topological polar surface area (TPSA) is 98.6 Å². The van der Waals surface area contributed by atoms with E-state index in [0.29, 0.717) is 24.5 Å². The van der Waals surface area contributed by atoms with Crippen molar-refractivity contribution in [1.82, 2.24) is 5.32 Å². The number of benzene rings is 1. The minimum Gasteiger partial charge on any atom is -0.493 e. The average molecular weight is 384 g/mol. The van der Waals surface area contributed by atoms with Gasteiger partial charge in [0.1, 0.15) is 5.60 Å². The average Bonchev–Trinajstić information content (AvgIpc) is 2.58. The zero-order chi connectivity index (χ0) is 20.9. The van der Waals surface area contributed by atoms with E-state index < -0.39 is 17.7 Å². The van der Waals surface area contributed by atoms with Crippen LogP contribution in [0.5, 0.6) is 11.5 Å². The first-order chi connectivity index (χ1) is 12.7. The summed E-state index contributed by atoms with van der Waals surface area (Å²) in [5.41, 5.74) is 0.181. The number of methoxy groups -OCH3 is 2. The predicted octanol–water partition coefficient (Wildman–Crippen LogP) is 3.77.